The van der Waals surface area contributed by atoms with Crippen molar-refractivity contribution in [2.24, 2.45) is 5.41 Å². The van der Waals surface area contributed by atoms with Crippen LogP contribution in [0.1, 0.15) is 19.3 Å². The Hall–Kier alpha value is -0.430. The number of nitrogens with one attached hydrogen (secondary N) is 1. The lowest BCUT2D eigenvalue weighted by molar-refractivity contribution is -0.136. The van der Waals surface area contributed by atoms with Crippen LogP contribution in [0.15, 0.2) is 0 Å². The number of amides is 1. The smallest absolute Gasteiger partial charge is 0.341 e. The molecule has 3 nitrogen and oxygen atoms in total. The molecule has 0 bridgehead atoms. The number of carbonyl (C=O) groups excluding carboxylic acids is 1. The van der Waals surface area contributed by atoms with Crippen molar-refractivity contribution in [3.05, 3.63) is 0 Å². The van der Waals surface area contributed by atoms with E-state index in [1.807, 2.05) is 11.8 Å². The summed E-state index contributed by atoms with van der Waals surface area (Å²) in [6, 6.07) is 0. The molecule has 1 unspecified atom stereocenters. The highest BCUT2D eigenvalue weighted by Gasteiger charge is 2.39. The second-order valence-electron chi connectivity index (χ2n) is 5.44. The average molecular weight is 296 g/mol. The number of piperidine rings is 1. The van der Waals surface area contributed by atoms with Crippen LogP contribution in [0, 0.1) is 5.41 Å². The number of alkyl halides is 3. The average Bonchev–Trinajstić information content (AvgIpc) is 2.75. The van der Waals surface area contributed by atoms with Crippen LogP contribution in [0.3, 0.4) is 0 Å². The Balaban J connectivity index is 1.79. The number of halogens is 3. The molecule has 0 saturated carbocycles. The molecule has 2 aliphatic heterocycles. The van der Waals surface area contributed by atoms with E-state index >= 15 is 0 Å². The largest absolute Gasteiger partial charge is 0.401 e. The van der Waals surface area contributed by atoms with E-state index in [1.165, 1.54) is 0 Å². The highest BCUT2D eigenvalue weighted by atomic mass is 32.2. The Bertz CT molecular complexity index is 329. The molecule has 110 valence electrons. The summed E-state index contributed by atoms with van der Waals surface area (Å²) in [5.41, 5.74) is 0.225. The molecule has 2 aliphatic rings. The molecule has 0 aromatic heterocycles. The minimum Gasteiger partial charge on any atom is -0.341 e. The van der Waals surface area contributed by atoms with Crippen LogP contribution in [0.2, 0.25) is 0 Å². The molecule has 2 rings (SSSR count). The summed E-state index contributed by atoms with van der Waals surface area (Å²) in [7, 11) is 0. The molecule has 2 saturated heterocycles. The van der Waals surface area contributed by atoms with Crippen LogP contribution in [0.25, 0.3) is 0 Å². The van der Waals surface area contributed by atoms with Crippen molar-refractivity contribution in [2.45, 2.75) is 25.4 Å². The lowest BCUT2D eigenvalue weighted by Gasteiger charge is -2.40. The molecule has 0 radical (unpaired) electrons. The monoisotopic (exact) mass is 296 g/mol. The molecule has 0 aromatic rings. The number of carbonyl (C=O) groups is 1. The van der Waals surface area contributed by atoms with Gasteiger partial charge in [-0.15, -0.1) is 0 Å². The quantitative estimate of drug-likeness (QED) is 0.863. The number of nitrogens with zero attached hydrogens (tertiary/aromatic N) is 1. The van der Waals surface area contributed by atoms with Gasteiger partial charge in [0.15, 0.2) is 0 Å². The summed E-state index contributed by atoms with van der Waals surface area (Å²) in [5, 5.41) is 2.18. The molecule has 1 atom stereocenters. The second-order valence-corrected chi connectivity index (χ2v) is 6.55. The van der Waals surface area contributed by atoms with Crippen molar-refractivity contribution < 1.29 is 18.0 Å². The van der Waals surface area contributed by atoms with Crippen molar-refractivity contribution in [2.75, 3.05) is 37.7 Å². The fourth-order valence-electron chi connectivity index (χ4n) is 2.82. The predicted molar refractivity (Wildman–Crippen MR) is 69.1 cm³/mol. The van der Waals surface area contributed by atoms with Gasteiger partial charge in [0, 0.05) is 18.8 Å². The third kappa shape index (κ3) is 4.27. The molecule has 19 heavy (non-hydrogen) atoms. The SMILES string of the molecule is O=C(CNCC(F)(F)F)N1CCCC2(CCSC2)C1. The summed E-state index contributed by atoms with van der Waals surface area (Å²) in [6.07, 6.45) is -1.03. The first-order chi connectivity index (χ1) is 8.90. The molecule has 1 amide bonds. The first kappa shape index (κ1) is 15.0. The Morgan fingerprint density at radius 1 is 1.37 bits per heavy atom. The Kier molecular flexibility index (Phi) is 4.66. The number of rotatable bonds is 3. The Morgan fingerprint density at radius 2 is 2.16 bits per heavy atom. The molecule has 1 N–H and O–H groups in total. The highest BCUT2D eigenvalue weighted by Crippen LogP contribution is 2.42. The lowest BCUT2D eigenvalue weighted by atomic mass is 9.79. The second kappa shape index (κ2) is 5.91. The zero-order valence-corrected chi connectivity index (χ0v) is 11.6. The van der Waals surface area contributed by atoms with Crippen LogP contribution in [-0.4, -0.2) is 54.7 Å². The summed E-state index contributed by atoms with van der Waals surface area (Å²) >= 11 is 1.91. The first-order valence-corrected chi connectivity index (χ1v) is 7.69. The minimum absolute atomic E-state index is 0.208. The van der Waals surface area contributed by atoms with E-state index in [9.17, 15) is 18.0 Å². The van der Waals surface area contributed by atoms with Gasteiger partial charge in [0.05, 0.1) is 13.1 Å². The maximum atomic E-state index is 12.0. The van der Waals surface area contributed by atoms with Crippen LogP contribution in [0.4, 0.5) is 13.2 Å². The van der Waals surface area contributed by atoms with Crippen molar-refractivity contribution in [3.63, 3.8) is 0 Å². The zero-order chi connectivity index (χ0) is 13.9. The Morgan fingerprint density at radius 3 is 2.79 bits per heavy atom. The fraction of sp³-hybridized carbons (Fsp3) is 0.917. The zero-order valence-electron chi connectivity index (χ0n) is 10.8. The molecule has 0 aliphatic carbocycles. The fourth-order valence-corrected chi connectivity index (χ4v) is 4.35. The molecule has 0 aromatic carbocycles. The van der Waals surface area contributed by atoms with E-state index in [2.05, 4.69) is 5.32 Å². The maximum absolute atomic E-state index is 12.0. The summed E-state index contributed by atoms with van der Waals surface area (Å²) < 4.78 is 36.0. The van der Waals surface area contributed by atoms with Gasteiger partial charge in [0.25, 0.3) is 0 Å². The number of hydrogen-bond acceptors (Lipinski definition) is 3. The van der Waals surface area contributed by atoms with E-state index in [4.69, 9.17) is 0 Å². The molecular formula is C12H19F3N2OS. The minimum atomic E-state index is -4.26. The van der Waals surface area contributed by atoms with Gasteiger partial charge in [0.1, 0.15) is 0 Å². The van der Waals surface area contributed by atoms with Gasteiger partial charge in [-0.2, -0.15) is 24.9 Å². The number of likely N-dealkylation sites (tertiary alicyclic amines) is 1. The summed E-state index contributed by atoms with van der Waals surface area (Å²) in [5.74, 6) is 2.00. The van der Waals surface area contributed by atoms with E-state index in [0.717, 1.165) is 30.8 Å². The highest BCUT2D eigenvalue weighted by molar-refractivity contribution is 7.99. The third-order valence-electron chi connectivity index (χ3n) is 3.80. The van der Waals surface area contributed by atoms with Crippen molar-refractivity contribution >= 4 is 17.7 Å². The maximum Gasteiger partial charge on any atom is 0.401 e. The van der Waals surface area contributed by atoms with Gasteiger partial charge in [-0.05, 0) is 30.4 Å². The van der Waals surface area contributed by atoms with E-state index < -0.39 is 12.7 Å². The number of thioether (sulfide) groups is 1. The van der Waals surface area contributed by atoms with Crippen molar-refractivity contribution in [1.82, 2.24) is 10.2 Å². The van der Waals surface area contributed by atoms with Gasteiger partial charge < -0.3 is 10.2 Å². The van der Waals surface area contributed by atoms with Crippen LogP contribution in [-0.2, 0) is 4.79 Å². The third-order valence-corrected chi connectivity index (χ3v) is 5.11. The van der Waals surface area contributed by atoms with Gasteiger partial charge >= 0.3 is 6.18 Å². The Labute approximate surface area is 115 Å². The molecule has 2 fully saturated rings. The predicted octanol–water partition coefficient (Wildman–Crippen LogP) is 1.88. The first-order valence-electron chi connectivity index (χ1n) is 6.53. The van der Waals surface area contributed by atoms with Gasteiger partial charge in [-0.3, -0.25) is 4.79 Å². The van der Waals surface area contributed by atoms with Crippen LogP contribution < -0.4 is 5.32 Å². The molecule has 2 heterocycles. The topological polar surface area (TPSA) is 32.3 Å². The van der Waals surface area contributed by atoms with E-state index in [0.29, 0.717) is 13.1 Å². The van der Waals surface area contributed by atoms with Crippen LogP contribution in [0.5, 0.6) is 0 Å². The molecule has 1 spiro atoms. The van der Waals surface area contributed by atoms with Crippen molar-refractivity contribution in [1.29, 1.82) is 0 Å². The number of hydrogen-bond donors (Lipinski definition) is 1. The normalized spacial score (nSPS) is 28.1. The van der Waals surface area contributed by atoms with Crippen molar-refractivity contribution in [3.8, 4) is 0 Å². The molecule has 7 heteroatoms. The van der Waals surface area contributed by atoms with Crippen LogP contribution >= 0.6 is 11.8 Å². The van der Waals surface area contributed by atoms with E-state index in [-0.39, 0.29) is 17.9 Å². The van der Waals surface area contributed by atoms with Gasteiger partial charge in [0.2, 0.25) is 5.91 Å². The van der Waals surface area contributed by atoms with Gasteiger partial charge in [-0.25, -0.2) is 0 Å². The standard InChI is InChI=1S/C12H19F3N2OS/c13-12(14,15)7-16-6-10(18)17-4-1-2-11(8-17)3-5-19-9-11/h16H,1-9H2. The van der Waals surface area contributed by atoms with E-state index in [1.54, 1.807) is 4.90 Å². The molecular weight excluding hydrogens is 277 g/mol. The lowest BCUT2D eigenvalue weighted by Crippen LogP contribution is -2.49. The summed E-state index contributed by atoms with van der Waals surface area (Å²) in [6.45, 7) is 0.0712. The van der Waals surface area contributed by atoms with Gasteiger partial charge in [-0.1, -0.05) is 0 Å². The summed E-state index contributed by atoms with van der Waals surface area (Å²) in [4.78, 5) is 13.6.